The molecule has 0 aliphatic heterocycles. The van der Waals surface area contributed by atoms with Gasteiger partial charge in [0.25, 0.3) is 0 Å². The molecule has 0 atom stereocenters. The number of carbonyl (C=O) groups excluding carboxylic acids is 1. The molecule has 92 valence electrons. The number of hydrogen-bond donors (Lipinski definition) is 2. The van der Waals surface area contributed by atoms with Crippen LogP contribution in [0, 0.1) is 5.92 Å². The summed E-state index contributed by atoms with van der Waals surface area (Å²) < 4.78 is 0. The van der Waals surface area contributed by atoms with Gasteiger partial charge in [-0.1, -0.05) is 43.2 Å². The van der Waals surface area contributed by atoms with Crippen LogP contribution in [0.15, 0.2) is 30.3 Å². The minimum atomic E-state index is 0.0737. The maximum absolute atomic E-state index is 11.5. The lowest BCUT2D eigenvalue weighted by atomic mass is 10.2. The Bertz CT molecular complexity index is 346. The second-order valence-corrected chi connectivity index (χ2v) is 4.67. The van der Waals surface area contributed by atoms with Crippen LogP contribution >= 0.6 is 0 Å². The zero-order valence-corrected chi connectivity index (χ0v) is 10.1. The van der Waals surface area contributed by atoms with E-state index in [4.69, 9.17) is 0 Å². The van der Waals surface area contributed by atoms with Crippen LogP contribution in [0.2, 0.25) is 0 Å². The molecule has 0 aromatic heterocycles. The maximum atomic E-state index is 11.5. The van der Waals surface area contributed by atoms with Crippen LogP contribution in [-0.4, -0.2) is 19.0 Å². The van der Waals surface area contributed by atoms with Crippen molar-refractivity contribution < 1.29 is 4.79 Å². The van der Waals surface area contributed by atoms with Crippen molar-refractivity contribution in [2.75, 3.05) is 13.1 Å². The second kappa shape index (κ2) is 6.40. The summed E-state index contributed by atoms with van der Waals surface area (Å²) in [4.78, 5) is 11.5. The summed E-state index contributed by atoms with van der Waals surface area (Å²) in [6.45, 7) is 2.01. The molecule has 1 fully saturated rings. The van der Waals surface area contributed by atoms with E-state index in [9.17, 15) is 4.79 Å². The first-order valence-electron chi connectivity index (χ1n) is 6.36. The van der Waals surface area contributed by atoms with Crippen molar-refractivity contribution in [2.24, 2.45) is 5.92 Å². The third kappa shape index (κ3) is 5.00. The van der Waals surface area contributed by atoms with Crippen LogP contribution in [-0.2, 0) is 11.3 Å². The van der Waals surface area contributed by atoms with Crippen LogP contribution in [0.3, 0.4) is 0 Å². The lowest BCUT2D eigenvalue weighted by Gasteiger charge is -2.06. The summed E-state index contributed by atoms with van der Waals surface area (Å²) in [5.74, 6) is 1.000. The standard InChI is InChI=1S/C14H20N2O/c17-14(11-15-9-8-12-6-7-12)16-10-13-4-2-1-3-5-13/h1-5,12,15H,6-11H2,(H,16,17). The zero-order chi connectivity index (χ0) is 11.9. The summed E-state index contributed by atoms with van der Waals surface area (Å²) in [6, 6.07) is 9.97. The molecule has 0 radical (unpaired) electrons. The number of benzene rings is 1. The Morgan fingerprint density at radius 3 is 2.71 bits per heavy atom. The van der Waals surface area contributed by atoms with Gasteiger partial charge in [0.2, 0.25) is 5.91 Å². The largest absolute Gasteiger partial charge is 0.351 e. The first-order valence-corrected chi connectivity index (χ1v) is 6.36. The predicted octanol–water partition coefficient (Wildman–Crippen LogP) is 1.69. The van der Waals surface area contributed by atoms with Gasteiger partial charge in [0, 0.05) is 6.54 Å². The monoisotopic (exact) mass is 232 g/mol. The van der Waals surface area contributed by atoms with Crippen molar-refractivity contribution in [1.29, 1.82) is 0 Å². The SMILES string of the molecule is O=C(CNCCC1CC1)NCc1ccccc1. The van der Waals surface area contributed by atoms with Gasteiger partial charge in [0.05, 0.1) is 6.54 Å². The lowest BCUT2D eigenvalue weighted by molar-refractivity contribution is -0.120. The average Bonchev–Trinajstić information content (AvgIpc) is 3.17. The van der Waals surface area contributed by atoms with Gasteiger partial charge in [0.1, 0.15) is 0 Å². The van der Waals surface area contributed by atoms with Crippen molar-refractivity contribution in [2.45, 2.75) is 25.8 Å². The zero-order valence-electron chi connectivity index (χ0n) is 10.1. The van der Waals surface area contributed by atoms with Crippen LogP contribution in [0.25, 0.3) is 0 Å². The predicted molar refractivity (Wildman–Crippen MR) is 68.5 cm³/mol. The molecule has 1 aliphatic rings. The fraction of sp³-hybridized carbons (Fsp3) is 0.500. The molecule has 0 bridgehead atoms. The molecule has 0 unspecified atom stereocenters. The van der Waals surface area contributed by atoms with E-state index in [0.29, 0.717) is 13.1 Å². The van der Waals surface area contributed by atoms with Gasteiger partial charge >= 0.3 is 0 Å². The van der Waals surface area contributed by atoms with Gasteiger partial charge in [-0.15, -0.1) is 0 Å². The van der Waals surface area contributed by atoms with Crippen LogP contribution in [0.1, 0.15) is 24.8 Å². The van der Waals surface area contributed by atoms with E-state index in [-0.39, 0.29) is 5.91 Å². The van der Waals surface area contributed by atoms with Crippen molar-refractivity contribution in [3.8, 4) is 0 Å². The minimum Gasteiger partial charge on any atom is -0.351 e. The maximum Gasteiger partial charge on any atom is 0.234 e. The topological polar surface area (TPSA) is 41.1 Å². The van der Waals surface area contributed by atoms with E-state index < -0.39 is 0 Å². The van der Waals surface area contributed by atoms with Crippen LogP contribution < -0.4 is 10.6 Å². The van der Waals surface area contributed by atoms with Gasteiger partial charge in [-0.05, 0) is 24.4 Å². The Balaban J connectivity index is 1.54. The molecule has 1 aromatic carbocycles. The van der Waals surface area contributed by atoms with Gasteiger partial charge in [-0.25, -0.2) is 0 Å². The normalized spacial score (nSPS) is 14.6. The molecular weight excluding hydrogens is 212 g/mol. The van der Waals surface area contributed by atoms with Crippen LogP contribution in [0.5, 0.6) is 0 Å². The van der Waals surface area contributed by atoms with Gasteiger partial charge in [-0.3, -0.25) is 4.79 Å². The third-order valence-corrected chi connectivity index (χ3v) is 3.04. The third-order valence-electron chi connectivity index (χ3n) is 3.04. The molecule has 1 amide bonds. The van der Waals surface area contributed by atoms with Crippen molar-refractivity contribution in [3.05, 3.63) is 35.9 Å². The summed E-state index contributed by atoms with van der Waals surface area (Å²) >= 11 is 0. The molecule has 0 spiro atoms. The highest BCUT2D eigenvalue weighted by molar-refractivity contribution is 5.77. The van der Waals surface area contributed by atoms with E-state index in [2.05, 4.69) is 10.6 Å². The fourth-order valence-corrected chi connectivity index (χ4v) is 1.77. The quantitative estimate of drug-likeness (QED) is 0.702. The molecular formula is C14H20N2O. The molecule has 1 saturated carbocycles. The molecule has 3 heteroatoms. The summed E-state index contributed by atoms with van der Waals surface area (Å²) in [6.07, 6.45) is 3.97. The summed E-state index contributed by atoms with van der Waals surface area (Å²) in [5, 5.41) is 6.08. The Morgan fingerprint density at radius 2 is 2.00 bits per heavy atom. The lowest BCUT2D eigenvalue weighted by Crippen LogP contribution is -2.33. The Hall–Kier alpha value is -1.35. The highest BCUT2D eigenvalue weighted by atomic mass is 16.1. The number of rotatable bonds is 7. The van der Waals surface area contributed by atoms with Crippen molar-refractivity contribution in [3.63, 3.8) is 0 Å². The minimum absolute atomic E-state index is 0.0737. The highest BCUT2D eigenvalue weighted by Crippen LogP contribution is 2.31. The van der Waals surface area contributed by atoms with E-state index in [0.717, 1.165) is 18.0 Å². The first-order chi connectivity index (χ1) is 8.34. The van der Waals surface area contributed by atoms with E-state index in [1.807, 2.05) is 30.3 Å². The van der Waals surface area contributed by atoms with E-state index in [1.165, 1.54) is 19.3 Å². The molecule has 1 aromatic rings. The fourth-order valence-electron chi connectivity index (χ4n) is 1.77. The highest BCUT2D eigenvalue weighted by Gasteiger charge is 2.20. The molecule has 17 heavy (non-hydrogen) atoms. The first kappa shape index (κ1) is 12.1. The molecule has 0 saturated heterocycles. The Morgan fingerprint density at radius 1 is 1.24 bits per heavy atom. The van der Waals surface area contributed by atoms with Crippen molar-refractivity contribution in [1.82, 2.24) is 10.6 Å². The molecule has 1 aliphatic carbocycles. The van der Waals surface area contributed by atoms with Crippen molar-refractivity contribution >= 4 is 5.91 Å². The van der Waals surface area contributed by atoms with Crippen LogP contribution in [0.4, 0.5) is 0 Å². The summed E-state index contributed by atoms with van der Waals surface area (Å²) in [7, 11) is 0. The van der Waals surface area contributed by atoms with Gasteiger partial charge < -0.3 is 10.6 Å². The molecule has 2 rings (SSSR count). The molecule has 0 heterocycles. The second-order valence-electron chi connectivity index (χ2n) is 4.67. The van der Waals surface area contributed by atoms with Gasteiger partial charge in [-0.2, -0.15) is 0 Å². The number of nitrogens with one attached hydrogen (secondary N) is 2. The average molecular weight is 232 g/mol. The summed E-state index contributed by atoms with van der Waals surface area (Å²) in [5.41, 5.74) is 1.14. The van der Waals surface area contributed by atoms with E-state index in [1.54, 1.807) is 0 Å². The van der Waals surface area contributed by atoms with E-state index >= 15 is 0 Å². The number of amides is 1. The molecule has 3 nitrogen and oxygen atoms in total. The Labute approximate surface area is 103 Å². The smallest absolute Gasteiger partial charge is 0.234 e. The van der Waals surface area contributed by atoms with Gasteiger partial charge in [0.15, 0.2) is 0 Å². The number of carbonyl (C=O) groups is 1. The Kier molecular flexibility index (Phi) is 4.56. The number of hydrogen-bond acceptors (Lipinski definition) is 2. The molecule has 2 N–H and O–H groups in total.